The minimum absolute atomic E-state index is 0.278. The molecular weight excluding hydrogens is 285 g/mol. The van der Waals surface area contributed by atoms with E-state index in [-0.39, 0.29) is 5.82 Å². The van der Waals surface area contributed by atoms with Gasteiger partial charge in [-0.2, -0.15) is 0 Å². The third-order valence-corrected chi connectivity index (χ3v) is 2.86. The average molecular weight is 296 g/mol. The molecule has 0 spiro atoms. The van der Waals surface area contributed by atoms with Crippen LogP contribution in [0.4, 0.5) is 21.7 Å². The molecule has 1 heterocycles. The Balaban J connectivity index is 2.25. The maximum absolute atomic E-state index is 12.9. The molecule has 17 heavy (non-hydrogen) atoms. The SMILES string of the molecule is CNc1cccc(Nc2ccc(F)cc2Br)n1. The molecule has 0 aliphatic carbocycles. The highest BCUT2D eigenvalue weighted by atomic mass is 79.9. The number of hydrogen-bond donors (Lipinski definition) is 2. The number of nitrogens with one attached hydrogen (secondary N) is 2. The molecule has 0 saturated carbocycles. The maximum Gasteiger partial charge on any atom is 0.132 e. The quantitative estimate of drug-likeness (QED) is 0.905. The number of aromatic nitrogens is 1. The second kappa shape index (κ2) is 5.14. The van der Waals surface area contributed by atoms with Gasteiger partial charge in [-0.05, 0) is 46.3 Å². The van der Waals surface area contributed by atoms with Crippen LogP contribution in [-0.4, -0.2) is 12.0 Å². The van der Waals surface area contributed by atoms with Crippen LogP contribution >= 0.6 is 15.9 Å². The average Bonchev–Trinajstić information content (AvgIpc) is 2.33. The Morgan fingerprint density at radius 3 is 2.65 bits per heavy atom. The van der Waals surface area contributed by atoms with Crippen molar-refractivity contribution in [2.75, 3.05) is 17.7 Å². The fourth-order valence-corrected chi connectivity index (χ4v) is 1.82. The summed E-state index contributed by atoms with van der Waals surface area (Å²) in [5.74, 6) is 1.19. The number of anilines is 3. The minimum atomic E-state index is -0.278. The van der Waals surface area contributed by atoms with Crippen molar-refractivity contribution in [1.29, 1.82) is 0 Å². The molecule has 1 aromatic carbocycles. The number of rotatable bonds is 3. The highest BCUT2D eigenvalue weighted by molar-refractivity contribution is 9.10. The normalized spacial score (nSPS) is 10.1. The molecule has 2 rings (SSSR count). The van der Waals surface area contributed by atoms with Gasteiger partial charge in [0.2, 0.25) is 0 Å². The molecule has 0 bridgehead atoms. The second-order valence-electron chi connectivity index (χ2n) is 3.41. The van der Waals surface area contributed by atoms with Gasteiger partial charge in [-0.1, -0.05) is 6.07 Å². The van der Waals surface area contributed by atoms with E-state index in [1.807, 2.05) is 18.2 Å². The van der Waals surface area contributed by atoms with Crippen molar-refractivity contribution in [3.63, 3.8) is 0 Å². The van der Waals surface area contributed by atoms with E-state index in [1.54, 1.807) is 13.1 Å². The lowest BCUT2D eigenvalue weighted by Crippen LogP contribution is -1.98. The molecule has 5 heteroatoms. The summed E-state index contributed by atoms with van der Waals surface area (Å²) in [6.45, 7) is 0. The number of halogens is 2. The van der Waals surface area contributed by atoms with Gasteiger partial charge in [0.25, 0.3) is 0 Å². The molecule has 2 N–H and O–H groups in total. The lowest BCUT2D eigenvalue weighted by Gasteiger charge is -2.09. The molecule has 0 aliphatic heterocycles. The van der Waals surface area contributed by atoms with Gasteiger partial charge in [0.1, 0.15) is 17.5 Å². The van der Waals surface area contributed by atoms with Crippen molar-refractivity contribution >= 4 is 33.3 Å². The van der Waals surface area contributed by atoms with Crippen LogP contribution in [0.5, 0.6) is 0 Å². The molecule has 3 nitrogen and oxygen atoms in total. The molecule has 0 saturated heterocycles. The molecule has 0 atom stereocenters. The topological polar surface area (TPSA) is 37.0 Å². The van der Waals surface area contributed by atoms with Crippen LogP contribution < -0.4 is 10.6 Å². The second-order valence-corrected chi connectivity index (χ2v) is 4.26. The lowest BCUT2D eigenvalue weighted by atomic mass is 10.3. The fraction of sp³-hybridized carbons (Fsp3) is 0.0833. The lowest BCUT2D eigenvalue weighted by molar-refractivity contribution is 0.627. The molecule has 2 aromatic rings. The van der Waals surface area contributed by atoms with E-state index >= 15 is 0 Å². The summed E-state index contributed by atoms with van der Waals surface area (Å²) in [5, 5.41) is 6.06. The van der Waals surface area contributed by atoms with Gasteiger partial charge in [0.15, 0.2) is 0 Å². The zero-order valence-corrected chi connectivity index (χ0v) is 10.8. The molecule has 0 aliphatic rings. The molecule has 0 radical (unpaired) electrons. The predicted molar refractivity (Wildman–Crippen MR) is 71.2 cm³/mol. The summed E-state index contributed by atoms with van der Waals surface area (Å²) in [7, 11) is 1.81. The third kappa shape index (κ3) is 2.94. The minimum Gasteiger partial charge on any atom is -0.373 e. The first-order chi connectivity index (χ1) is 8.19. The summed E-state index contributed by atoms with van der Waals surface area (Å²) in [5.41, 5.74) is 0.771. The van der Waals surface area contributed by atoms with Gasteiger partial charge in [-0.25, -0.2) is 9.37 Å². The van der Waals surface area contributed by atoms with Gasteiger partial charge in [-0.3, -0.25) is 0 Å². The first kappa shape index (κ1) is 11.9. The zero-order chi connectivity index (χ0) is 12.3. The van der Waals surface area contributed by atoms with Gasteiger partial charge in [0.05, 0.1) is 5.69 Å². The van der Waals surface area contributed by atoms with Crippen molar-refractivity contribution in [1.82, 2.24) is 4.98 Å². The van der Waals surface area contributed by atoms with Gasteiger partial charge in [0, 0.05) is 11.5 Å². The summed E-state index contributed by atoms with van der Waals surface area (Å²) in [6.07, 6.45) is 0. The van der Waals surface area contributed by atoms with E-state index < -0.39 is 0 Å². The summed E-state index contributed by atoms with van der Waals surface area (Å²) >= 11 is 3.29. The first-order valence-corrected chi connectivity index (χ1v) is 5.85. The van der Waals surface area contributed by atoms with E-state index in [9.17, 15) is 4.39 Å². The number of nitrogens with zero attached hydrogens (tertiary/aromatic N) is 1. The highest BCUT2D eigenvalue weighted by Gasteiger charge is 2.03. The Kier molecular flexibility index (Phi) is 3.58. The summed E-state index contributed by atoms with van der Waals surface area (Å²) < 4.78 is 13.6. The predicted octanol–water partition coefficient (Wildman–Crippen LogP) is 3.77. The van der Waals surface area contributed by atoms with Crippen LogP contribution in [0, 0.1) is 5.82 Å². The third-order valence-electron chi connectivity index (χ3n) is 2.20. The van der Waals surface area contributed by atoms with Crippen molar-refractivity contribution < 1.29 is 4.39 Å². The van der Waals surface area contributed by atoms with Crippen LogP contribution in [0.2, 0.25) is 0 Å². The molecule has 0 unspecified atom stereocenters. The number of hydrogen-bond acceptors (Lipinski definition) is 3. The molecule has 0 fully saturated rings. The molecular formula is C12H11BrFN3. The number of pyridine rings is 1. The maximum atomic E-state index is 12.9. The van der Waals surface area contributed by atoms with Crippen molar-refractivity contribution in [3.05, 3.63) is 46.7 Å². The molecule has 88 valence electrons. The Labute approximate surface area is 107 Å². The monoisotopic (exact) mass is 295 g/mol. The van der Waals surface area contributed by atoms with E-state index in [0.717, 1.165) is 11.5 Å². The first-order valence-electron chi connectivity index (χ1n) is 5.06. The van der Waals surface area contributed by atoms with Crippen LogP contribution in [0.1, 0.15) is 0 Å². The molecule has 0 amide bonds. The Hall–Kier alpha value is -1.62. The Bertz CT molecular complexity index is 531. The van der Waals surface area contributed by atoms with Gasteiger partial charge >= 0.3 is 0 Å². The zero-order valence-electron chi connectivity index (χ0n) is 9.17. The van der Waals surface area contributed by atoms with E-state index in [4.69, 9.17) is 0 Å². The highest BCUT2D eigenvalue weighted by Crippen LogP contribution is 2.26. The van der Waals surface area contributed by atoms with E-state index in [2.05, 4.69) is 31.5 Å². The van der Waals surface area contributed by atoms with Gasteiger partial charge < -0.3 is 10.6 Å². The van der Waals surface area contributed by atoms with E-state index in [0.29, 0.717) is 10.3 Å². The standard InChI is InChI=1S/C12H11BrFN3/c1-15-11-3-2-4-12(17-11)16-10-6-5-8(14)7-9(10)13/h2-7H,1H3,(H2,15,16,17). The Morgan fingerprint density at radius 1 is 1.18 bits per heavy atom. The Morgan fingerprint density at radius 2 is 1.94 bits per heavy atom. The van der Waals surface area contributed by atoms with Crippen LogP contribution in [0.3, 0.4) is 0 Å². The summed E-state index contributed by atoms with van der Waals surface area (Å²) in [4.78, 5) is 4.31. The van der Waals surface area contributed by atoms with E-state index in [1.165, 1.54) is 12.1 Å². The van der Waals surface area contributed by atoms with Crippen LogP contribution in [-0.2, 0) is 0 Å². The van der Waals surface area contributed by atoms with Crippen molar-refractivity contribution in [2.24, 2.45) is 0 Å². The molecule has 1 aromatic heterocycles. The smallest absolute Gasteiger partial charge is 0.132 e. The van der Waals surface area contributed by atoms with Gasteiger partial charge in [-0.15, -0.1) is 0 Å². The van der Waals surface area contributed by atoms with Crippen LogP contribution in [0.25, 0.3) is 0 Å². The van der Waals surface area contributed by atoms with Crippen molar-refractivity contribution in [2.45, 2.75) is 0 Å². The van der Waals surface area contributed by atoms with Crippen molar-refractivity contribution in [3.8, 4) is 0 Å². The van der Waals surface area contributed by atoms with Crippen LogP contribution in [0.15, 0.2) is 40.9 Å². The fourth-order valence-electron chi connectivity index (χ4n) is 1.37. The largest absolute Gasteiger partial charge is 0.373 e. The number of benzene rings is 1. The summed E-state index contributed by atoms with van der Waals surface area (Å²) in [6, 6.07) is 10.1.